The summed E-state index contributed by atoms with van der Waals surface area (Å²) in [5, 5.41) is 10.9. The van der Waals surface area contributed by atoms with Crippen LogP contribution in [0.4, 0.5) is 13.6 Å². The SMILES string of the molecule is C=CCOC(=O)NC1CCC(C(=O)O)CCC1(F)F. The molecular formula is C12H17F2NO4. The normalized spacial score (nSPS) is 26.0. The maximum absolute atomic E-state index is 13.8. The standard InChI is InChI=1S/C12H17F2NO4/c1-2-7-19-11(18)15-9-4-3-8(10(16)17)5-6-12(9,13)14/h2,8-9H,1,3-7H2,(H,15,18)(H,16,17). The van der Waals surface area contributed by atoms with Crippen molar-refractivity contribution in [3.63, 3.8) is 0 Å². The van der Waals surface area contributed by atoms with Crippen molar-refractivity contribution in [3.8, 4) is 0 Å². The number of ether oxygens (including phenoxy) is 1. The lowest BCUT2D eigenvalue weighted by molar-refractivity contribution is -0.142. The van der Waals surface area contributed by atoms with Crippen molar-refractivity contribution in [2.75, 3.05) is 6.61 Å². The summed E-state index contributed by atoms with van der Waals surface area (Å²) in [4.78, 5) is 22.1. The first-order chi connectivity index (χ1) is 8.86. The van der Waals surface area contributed by atoms with Crippen LogP contribution in [0.25, 0.3) is 0 Å². The predicted molar refractivity (Wildman–Crippen MR) is 63.0 cm³/mol. The number of alkyl carbamates (subject to hydrolysis) is 1. The minimum atomic E-state index is -3.13. The Labute approximate surface area is 109 Å². The Morgan fingerprint density at radius 2 is 2.11 bits per heavy atom. The Bertz CT molecular complexity index is 360. The zero-order valence-electron chi connectivity index (χ0n) is 10.4. The Morgan fingerprint density at radius 3 is 2.68 bits per heavy atom. The lowest BCUT2D eigenvalue weighted by atomic mass is 10.0. The summed E-state index contributed by atoms with van der Waals surface area (Å²) in [6, 6.07) is -1.39. The summed E-state index contributed by atoms with van der Waals surface area (Å²) in [5.41, 5.74) is 0. The molecule has 19 heavy (non-hydrogen) atoms. The molecule has 0 radical (unpaired) electrons. The largest absolute Gasteiger partial charge is 0.481 e. The van der Waals surface area contributed by atoms with Crippen LogP contribution in [0.15, 0.2) is 12.7 Å². The first-order valence-electron chi connectivity index (χ1n) is 6.01. The van der Waals surface area contributed by atoms with Gasteiger partial charge in [-0.3, -0.25) is 4.79 Å². The number of carbonyl (C=O) groups excluding carboxylic acids is 1. The Kier molecular flexibility index (Phi) is 5.26. The minimum Gasteiger partial charge on any atom is -0.481 e. The third-order valence-electron chi connectivity index (χ3n) is 3.11. The van der Waals surface area contributed by atoms with Crippen LogP contribution in [0.5, 0.6) is 0 Å². The van der Waals surface area contributed by atoms with Gasteiger partial charge >= 0.3 is 12.1 Å². The monoisotopic (exact) mass is 277 g/mol. The number of hydrogen-bond donors (Lipinski definition) is 2. The molecular weight excluding hydrogens is 260 g/mol. The third kappa shape index (κ3) is 4.50. The van der Waals surface area contributed by atoms with Crippen LogP contribution < -0.4 is 5.32 Å². The molecule has 1 amide bonds. The van der Waals surface area contributed by atoms with E-state index >= 15 is 0 Å². The molecule has 1 fully saturated rings. The minimum absolute atomic E-state index is 0.0676. The Morgan fingerprint density at radius 1 is 1.42 bits per heavy atom. The van der Waals surface area contributed by atoms with E-state index in [0.717, 1.165) is 0 Å². The highest BCUT2D eigenvalue weighted by Gasteiger charge is 2.44. The number of aliphatic carboxylic acids is 1. The van der Waals surface area contributed by atoms with Crippen molar-refractivity contribution in [3.05, 3.63) is 12.7 Å². The van der Waals surface area contributed by atoms with Crippen molar-refractivity contribution in [1.29, 1.82) is 0 Å². The molecule has 0 aromatic rings. The molecule has 0 aromatic carbocycles. The molecule has 0 saturated heterocycles. The smallest absolute Gasteiger partial charge is 0.407 e. The van der Waals surface area contributed by atoms with E-state index in [2.05, 4.69) is 16.6 Å². The van der Waals surface area contributed by atoms with E-state index in [4.69, 9.17) is 5.11 Å². The van der Waals surface area contributed by atoms with E-state index in [1.54, 1.807) is 0 Å². The molecule has 7 heteroatoms. The van der Waals surface area contributed by atoms with Crippen molar-refractivity contribution >= 4 is 12.1 Å². The highest BCUT2D eigenvalue weighted by molar-refractivity contribution is 5.70. The first kappa shape index (κ1) is 15.4. The van der Waals surface area contributed by atoms with Crippen molar-refractivity contribution in [2.24, 2.45) is 5.92 Å². The number of carboxylic acid groups (broad SMARTS) is 1. The number of rotatable bonds is 4. The Balaban J connectivity index is 2.62. The lowest BCUT2D eigenvalue weighted by Crippen LogP contribution is -2.47. The molecule has 1 rings (SSSR count). The molecule has 1 saturated carbocycles. The second-order valence-electron chi connectivity index (χ2n) is 4.50. The van der Waals surface area contributed by atoms with Crippen molar-refractivity contribution in [2.45, 2.75) is 37.6 Å². The highest BCUT2D eigenvalue weighted by Crippen LogP contribution is 2.35. The van der Waals surface area contributed by atoms with Gasteiger partial charge in [0.15, 0.2) is 0 Å². The van der Waals surface area contributed by atoms with Gasteiger partial charge in [-0.1, -0.05) is 12.7 Å². The third-order valence-corrected chi connectivity index (χ3v) is 3.11. The molecule has 2 atom stereocenters. The number of halogens is 2. The second-order valence-corrected chi connectivity index (χ2v) is 4.50. The van der Waals surface area contributed by atoms with E-state index < -0.39 is 36.4 Å². The number of carbonyl (C=O) groups is 2. The van der Waals surface area contributed by atoms with Gasteiger partial charge in [-0.05, 0) is 19.3 Å². The average Bonchev–Trinajstić information content (AvgIpc) is 2.47. The van der Waals surface area contributed by atoms with Crippen molar-refractivity contribution < 1.29 is 28.2 Å². The molecule has 0 aliphatic heterocycles. The van der Waals surface area contributed by atoms with E-state index in [0.29, 0.717) is 0 Å². The number of nitrogens with one attached hydrogen (secondary N) is 1. The summed E-state index contributed by atoms with van der Waals surface area (Å²) in [6.45, 7) is 3.27. The fraction of sp³-hybridized carbons (Fsp3) is 0.667. The van der Waals surface area contributed by atoms with Gasteiger partial charge in [0, 0.05) is 6.42 Å². The summed E-state index contributed by atoms with van der Waals surface area (Å²) >= 11 is 0. The van der Waals surface area contributed by atoms with Crippen LogP contribution in [0, 0.1) is 5.92 Å². The van der Waals surface area contributed by atoms with Gasteiger partial charge < -0.3 is 15.2 Å². The second kappa shape index (κ2) is 6.49. The fourth-order valence-corrected chi connectivity index (χ4v) is 2.01. The molecule has 0 spiro atoms. The van der Waals surface area contributed by atoms with Gasteiger partial charge in [-0.25, -0.2) is 13.6 Å². The summed E-state index contributed by atoms with van der Waals surface area (Å²) in [6.07, 6.45) is -0.257. The first-order valence-corrected chi connectivity index (χ1v) is 6.01. The van der Waals surface area contributed by atoms with E-state index in [1.165, 1.54) is 6.08 Å². The van der Waals surface area contributed by atoms with Crippen LogP contribution in [0.2, 0.25) is 0 Å². The zero-order valence-corrected chi connectivity index (χ0v) is 10.4. The fourth-order valence-electron chi connectivity index (χ4n) is 2.01. The van der Waals surface area contributed by atoms with Gasteiger partial charge in [0.05, 0.1) is 12.0 Å². The number of carboxylic acids is 1. The molecule has 5 nitrogen and oxygen atoms in total. The van der Waals surface area contributed by atoms with Crippen LogP contribution >= 0.6 is 0 Å². The molecule has 0 aromatic heterocycles. The quantitative estimate of drug-likeness (QED) is 0.610. The van der Waals surface area contributed by atoms with Crippen molar-refractivity contribution in [1.82, 2.24) is 5.32 Å². The molecule has 0 heterocycles. The molecule has 0 bridgehead atoms. The molecule has 2 unspecified atom stereocenters. The van der Waals surface area contributed by atoms with Gasteiger partial charge in [-0.2, -0.15) is 0 Å². The maximum Gasteiger partial charge on any atom is 0.407 e. The topological polar surface area (TPSA) is 75.6 Å². The lowest BCUT2D eigenvalue weighted by Gasteiger charge is -2.25. The average molecular weight is 277 g/mol. The maximum atomic E-state index is 13.8. The van der Waals surface area contributed by atoms with Crippen LogP contribution in [0.3, 0.4) is 0 Å². The van der Waals surface area contributed by atoms with Gasteiger partial charge in [0.1, 0.15) is 6.61 Å². The predicted octanol–water partition coefficient (Wildman–Crippen LogP) is 2.18. The number of amides is 1. The Hall–Kier alpha value is -1.66. The highest BCUT2D eigenvalue weighted by atomic mass is 19.3. The van der Waals surface area contributed by atoms with Crippen LogP contribution in [-0.2, 0) is 9.53 Å². The summed E-state index contributed by atoms with van der Waals surface area (Å²) < 4.78 is 32.1. The number of alkyl halides is 2. The van der Waals surface area contributed by atoms with E-state index in [-0.39, 0.29) is 25.9 Å². The van der Waals surface area contributed by atoms with Gasteiger partial charge in [-0.15, -0.1) is 0 Å². The van der Waals surface area contributed by atoms with E-state index in [1.807, 2.05) is 0 Å². The zero-order chi connectivity index (χ0) is 14.5. The van der Waals surface area contributed by atoms with Crippen LogP contribution in [-0.4, -0.2) is 35.7 Å². The molecule has 1 aliphatic carbocycles. The molecule has 1 aliphatic rings. The molecule has 108 valence electrons. The summed E-state index contributed by atoms with van der Waals surface area (Å²) in [7, 11) is 0. The van der Waals surface area contributed by atoms with Crippen LogP contribution in [0.1, 0.15) is 25.7 Å². The number of hydrogen-bond acceptors (Lipinski definition) is 3. The van der Waals surface area contributed by atoms with E-state index in [9.17, 15) is 18.4 Å². The van der Waals surface area contributed by atoms with Gasteiger partial charge in [0.25, 0.3) is 5.92 Å². The summed E-state index contributed by atoms with van der Waals surface area (Å²) in [5.74, 6) is -5.00. The molecule has 2 N–H and O–H groups in total. The van der Waals surface area contributed by atoms with Gasteiger partial charge in [0.2, 0.25) is 0 Å².